The first-order chi connectivity index (χ1) is 5.70. The van der Waals surface area contributed by atoms with E-state index >= 15 is 0 Å². The molecule has 1 fully saturated rings. The molecule has 12 heavy (non-hydrogen) atoms. The lowest BCUT2D eigenvalue weighted by Crippen LogP contribution is -2.04. The molecule has 66 valence electrons. The van der Waals surface area contributed by atoms with E-state index in [2.05, 4.69) is 44.8 Å². The van der Waals surface area contributed by atoms with Crippen LogP contribution in [-0.4, -0.2) is 15.0 Å². The van der Waals surface area contributed by atoms with Crippen molar-refractivity contribution in [2.24, 2.45) is 0 Å². The predicted molar refractivity (Wildman–Crippen MR) is 50.1 cm³/mol. The van der Waals surface area contributed by atoms with Crippen LogP contribution in [0.3, 0.4) is 0 Å². The number of hydrogen-bond acceptors (Lipinski definition) is 2. The standard InChI is InChI=1S/C8H12BrN3/c1-5(2)7-8(9)10-11-12(7)6-3-4-6/h5-6H,3-4H2,1-2H3. The summed E-state index contributed by atoms with van der Waals surface area (Å²) in [4.78, 5) is 0. The molecule has 0 spiro atoms. The maximum atomic E-state index is 4.12. The summed E-state index contributed by atoms with van der Waals surface area (Å²) in [5.74, 6) is 0.495. The summed E-state index contributed by atoms with van der Waals surface area (Å²) in [7, 11) is 0. The molecule has 0 unspecified atom stereocenters. The van der Waals surface area contributed by atoms with Crippen LogP contribution in [0.15, 0.2) is 4.60 Å². The summed E-state index contributed by atoms with van der Waals surface area (Å²) in [6.45, 7) is 4.34. The Morgan fingerprint density at radius 1 is 1.50 bits per heavy atom. The molecule has 0 atom stereocenters. The molecule has 0 radical (unpaired) electrons. The molecule has 1 aliphatic rings. The van der Waals surface area contributed by atoms with E-state index in [1.165, 1.54) is 18.5 Å². The van der Waals surface area contributed by atoms with Gasteiger partial charge in [-0.05, 0) is 34.7 Å². The van der Waals surface area contributed by atoms with Crippen molar-refractivity contribution in [3.8, 4) is 0 Å². The SMILES string of the molecule is CC(C)c1c(Br)nnn1C1CC1. The van der Waals surface area contributed by atoms with Crippen molar-refractivity contribution in [2.45, 2.75) is 38.6 Å². The number of rotatable bonds is 2. The number of halogens is 1. The van der Waals surface area contributed by atoms with Gasteiger partial charge in [-0.1, -0.05) is 19.1 Å². The third kappa shape index (κ3) is 1.28. The van der Waals surface area contributed by atoms with Crippen LogP contribution in [0.25, 0.3) is 0 Å². The largest absolute Gasteiger partial charge is 0.245 e. The van der Waals surface area contributed by atoms with Gasteiger partial charge in [0.15, 0.2) is 4.60 Å². The lowest BCUT2D eigenvalue weighted by Gasteiger charge is -2.07. The van der Waals surface area contributed by atoms with Gasteiger partial charge in [-0.3, -0.25) is 0 Å². The third-order valence-electron chi connectivity index (χ3n) is 2.13. The minimum Gasteiger partial charge on any atom is -0.245 e. The van der Waals surface area contributed by atoms with Gasteiger partial charge in [-0.15, -0.1) is 5.10 Å². The number of nitrogens with zero attached hydrogens (tertiary/aromatic N) is 3. The van der Waals surface area contributed by atoms with E-state index in [9.17, 15) is 0 Å². The highest BCUT2D eigenvalue weighted by Crippen LogP contribution is 2.37. The van der Waals surface area contributed by atoms with Crippen LogP contribution in [0.5, 0.6) is 0 Å². The van der Waals surface area contributed by atoms with Crippen molar-refractivity contribution in [1.29, 1.82) is 0 Å². The van der Waals surface area contributed by atoms with Gasteiger partial charge in [0.05, 0.1) is 11.7 Å². The molecule has 0 aromatic carbocycles. The molecule has 0 bridgehead atoms. The second-order valence-electron chi connectivity index (χ2n) is 3.60. The fourth-order valence-electron chi connectivity index (χ4n) is 1.37. The molecule has 1 saturated carbocycles. The van der Waals surface area contributed by atoms with Crippen molar-refractivity contribution in [1.82, 2.24) is 15.0 Å². The summed E-state index contributed by atoms with van der Waals surface area (Å²) in [5.41, 5.74) is 1.23. The lowest BCUT2D eigenvalue weighted by atomic mass is 10.1. The highest BCUT2D eigenvalue weighted by Gasteiger charge is 2.29. The summed E-state index contributed by atoms with van der Waals surface area (Å²) in [6.07, 6.45) is 2.52. The van der Waals surface area contributed by atoms with E-state index < -0.39 is 0 Å². The van der Waals surface area contributed by atoms with Gasteiger partial charge in [0.25, 0.3) is 0 Å². The zero-order chi connectivity index (χ0) is 8.72. The highest BCUT2D eigenvalue weighted by molar-refractivity contribution is 9.10. The summed E-state index contributed by atoms with van der Waals surface area (Å²) < 4.78 is 2.97. The Morgan fingerprint density at radius 3 is 2.67 bits per heavy atom. The minimum atomic E-state index is 0.495. The number of aromatic nitrogens is 3. The Kier molecular flexibility index (Phi) is 1.94. The second-order valence-corrected chi connectivity index (χ2v) is 4.35. The summed E-state index contributed by atoms with van der Waals surface area (Å²) in [5, 5.41) is 8.15. The van der Waals surface area contributed by atoms with Gasteiger partial charge in [0.1, 0.15) is 0 Å². The Hall–Kier alpha value is -0.380. The Balaban J connectivity index is 2.39. The fraction of sp³-hybridized carbons (Fsp3) is 0.750. The van der Waals surface area contributed by atoms with Gasteiger partial charge in [0, 0.05) is 0 Å². The Morgan fingerprint density at radius 2 is 2.17 bits per heavy atom. The van der Waals surface area contributed by atoms with Crippen molar-refractivity contribution in [2.75, 3.05) is 0 Å². The summed E-state index contributed by atoms with van der Waals surface area (Å²) in [6, 6.07) is 0.626. The average Bonchev–Trinajstić information content (AvgIpc) is 2.75. The molecule has 1 aliphatic carbocycles. The molecule has 0 amide bonds. The zero-order valence-electron chi connectivity index (χ0n) is 7.29. The van der Waals surface area contributed by atoms with Crippen LogP contribution < -0.4 is 0 Å². The molecule has 0 aliphatic heterocycles. The van der Waals surface area contributed by atoms with Gasteiger partial charge < -0.3 is 0 Å². The smallest absolute Gasteiger partial charge is 0.151 e. The van der Waals surface area contributed by atoms with Crippen molar-refractivity contribution < 1.29 is 0 Å². The van der Waals surface area contributed by atoms with Crippen LogP contribution in [0, 0.1) is 0 Å². The minimum absolute atomic E-state index is 0.495. The van der Waals surface area contributed by atoms with Crippen LogP contribution in [0.2, 0.25) is 0 Å². The summed E-state index contributed by atoms with van der Waals surface area (Å²) >= 11 is 3.42. The van der Waals surface area contributed by atoms with Crippen molar-refractivity contribution in [3.63, 3.8) is 0 Å². The van der Waals surface area contributed by atoms with Gasteiger partial charge in [0.2, 0.25) is 0 Å². The Labute approximate surface area is 80.3 Å². The fourth-order valence-corrected chi connectivity index (χ4v) is 2.08. The van der Waals surface area contributed by atoms with Gasteiger partial charge >= 0.3 is 0 Å². The van der Waals surface area contributed by atoms with Crippen LogP contribution >= 0.6 is 15.9 Å². The van der Waals surface area contributed by atoms with E-state index in [-0.39, 0.29) is 0 Å². The molecular weight excluding hydrogens is 218 g/mol. The topological polar surface area (TPSA) is 30.7 Å². The van der Waals surface area contributed by atoms with Crippen molar-refractivity contribution in [3.05, 3.63) is 10.3 Å². The van der Waals surface area contributed by atoms with Gasteiger partial charge in [-0.25, -0.2) is 4.68 Å². The third-order valence-corrected chi connectivity index (χ3v) is 2.69. The zero-order valence-corrected chi connectivity index (χ0v) is 8.87. The van der Waals surface area contributed by atoms with E-state index in [4.69, 9.17) is 0 Å². The van der Waals surface area contributed by atoms with Gasteiger partial charge in [-0.2, -0.15) is 0 Å². The average molecular weight is 230 g/mol. The first kappa shape index (κ1) is 8.23. The number of hydrogen-bond donors (Lipinski definition) is 0. The van der Waals surface area contributed by atoms with Crippen LogP contribution in [-0.2, 0) is 0 Å². The normalized spacial score (nSPS) is 17.3. The molecular formula is C8H12BrN3. The monoisotopic (exact) mass is 229 g/mol. The first-order valence-electron chi connectivity index (χ1n) is 4.30. The molecule has 2 rings (SSSR count). The lowest BCUT2D eigenvalue weighted by molar-refractivity contribution is 0.565. The molecule has 1 aromatic heterocycles. The first-order valence-corrected chi connectivity index (χ1v) is 5.10. The van der Waals surface area contributed by atoms with E-state index in [0.29, 0.717) is 12.0 Å². The molecule has 1 heterocycles. The molecule has 3 nitrogen and oxygen atoms in total. The maximum Gasteiger partial charge on any atom is 0.151 e. The highest BCUT2D eigenvalue weighted by atomic mass is 79.9. The van der Waals surface area contributed by atoms with Crippen molar-refractivity contribution >= 4 is 15.9 Å². The molecule has 0 saturated heterocycles. The van der Waals surface area contributed by atoms with E-state index in [1.54, 1.807) is 0 Å². The van der Waals surface area contributed by atoms with Crippen LogP contribution in [0.4, 0.5) is 0 Å². The maximum absolute atomic E-state index is 4.12. The molecule has 1 aromatic rings. The Bertz CT molecular complexity index is 288. The second kappa shape index (κ2) is 2.83. The van der Waals surface area contributed by atoms with E-state index in [1.807, 2.05) is 0 Å². The molecule has 4 heteroatoms. The van der Waals surface area contributed by atoms with E-state index in [0.717, 1.165) is 4.60 Å². The molecule has 0 N–H and O–H groups in total. The van der Waals surface area contributed by atoms with Crippen LogP contribution in [0.1, 0.15) is 44.3 Å². The predicted octanol–water partition coefficient (Wildman–Crippen LogP) is 2.50. The quantitative estimate of drug-likeness (QED) is 0.781.